The molecule has 1 aromatic carbocycles. The minimum absolute atomic E-state index is 0.0701. The number of hydrogen-bond acceptors (Lipinski definition) is 6. The molecule has 6 heteroatoms. The molecule has 0 saturated heterocycles. The Labute approximate surface area is 190 Å². The van der Waals surface area contributed by atoms with Crippen LogP contribution in [0.1, 0.15) is 45.1 Å². The fourth-order valence-corrected chi connectivity index (χ4v) is 4.03. The predicted molar refractivity (Wildman–Crippen MR) is 127 cm³/mol. The monoisotopic (exact) mass is 438 g/mol. The first-order valence-electron chi connectivity index (χ1n) is 11.4. The van der Waals surface area contributed by atoms with E-state index in [1.807, 2.05) is 24.3 Å². The quantitative estimate of drug-likeness (QED) is 0.300. The van der Waals surface area contributed by atoms with Crippen LogP contribution in [0.3, 0.4) is 0 Å². The van der Waals surface area contributed by atoms with Crippen molar-refractivity contribution in [2.45, 2.75) is 46.1 Å². The van der Waals surface area contributed by atoms with E-state index in [1.54, 1.807) is 20.1 Å². The Morgan fingerprint density at radius 2 is 2.12 bits per heavy atom. The summed E-state index contributed by atoms with van der Waals surface area (Å²) in [6, 6.07) is 8.18. The SMILES string of the molecule is CCCCN(CCC/N=C(\C)C1=C(O)C2CC=CC=C2OC1=O)Cc1cccc(OC)c1. The smallest absolute Gasteiger partial charge is 0.348 e. The van der Waals surface area contributed by atoms with Crippen LogP contribution in [0.5, 0.6) is 5.75 Å². The van der Waals surface area contributed by atoms with Gasteiger partial charge >= 0.3 is 5.97 Å². The topological polar surface area (TPSA) is 71.4 Å². The number of aliphatic hydroxyl groups is 1. The average Bonchev–Trinajstić information content (AvgIpc) is 2.80. The number of rotatable bonds is 11. The number of carbonyl (C=O) groups excluding carboxylic acids is 1. The second-order valence-corrected chi connectivity index (χ2v) is 8.24. The molecule has 1 unspecified atom stereocenters. The molecule has 0 saturated carbocycles. The number of methoxy groups -OCH3 is 1. The van der Waals surface area contributed by atoms with Crippen molar-refractivity contribution in [1.29, 1.82) is 0 Å². The second-order valence-electron chi connectivity index (χ2n) is 8.24. The fourth-order valence-electron chi connectivity index (χ4n) is 4.03. The van der Waals surface area contributed by atoms with Crippen LogP contribution < -0.4 is 4.74 Å². The number of benzene rings is 1. The molecular formula is C26H34N2O4. The fraction of sp³-hybridized carbons (Fsp3) is 0.462. The van der Waals surface area contributed by atoms with Gasteiger partial charge in [-0.05, 0) is 56.5 Å². The summed E-state index contributed by atoms with van der Waals surface area (Å²) in [4.78, 5) is 19.4. The molecule has 6 nitrogen and oxygen atoms in total. The van der Waals surface area contributed by atoms with E-state index in [2.05, 4.69) is 28.9 Å². The number of allylic oxidation sites excluding steroid dienone is 3. The van der Waals surface area contributed by atoms with Crippen molar-refractivity contribution in [2.24, 2.45) is 10.9 Å². The highest BCUT2D eigenvalue weighted by atomic mass is 16.5. The third-order valence-corrected chi connectivity index (χ3v) is 5.82. The highest BCUT2D eigenvalue weighted by molar-refractivity contribution is 6.20. The Hall–Kier alpha value is -2.86. The number of esters is 1. The molecular weight excluding hydrogens is 404 g/mol. The number of fused-ring (bicyclic) bond motifs is 1. The van der Waals surface area contributed by atoms with E-state index in [0.717, 1.165) is 44.6 Å². The zero-order valence-corrected chi connectivity index (χ0v) is 19.3. The van der Waals surface area contributed by atoms with E-state index in [9.17, 15) is 9.90 Å². The van der Waals surface area contributed by atoms with Gasteiger partial charge in [0.05, 0.1) is 13.0 Å². The van der Waals surface area contributed by atoms with Crippen molar-refractivity contribution in [3.8, 4) is 5.75 Å². The number of aliphatic hydroxyl groups excluding tert-OH is 1. The van der Waals surface area contributed by atoms with Crippen molar-refractivity contribution < 1.29 is 19.4 Å². The molecule has 0 fully saturated rings. The van der Waals surface area contributed by atoms with E-state index in [-0.39, 0.29) is 17.3 Å². The van der Waals surface area contributed by atoms with Gasteiger partial charge in [0, 0.05) is 25.3 Å². The van der Waals surface area contributed by atoms with Gasteiger partial charge in [-0.25, -0.2) is 4.79 Å². The Balaban J connectivity index is 1.59. The van der Waals surface area contributed by atoms with Crippen molar-refractivity contribution in [2.75, 3.05) is 26.7 Å². The molecule has 2 aliphatic rings. The molecule has 1 heterocycles. The number of carbonyl (C=O) groups is 1. The largest absolute Gasteiger partial charge is 0.511 e. The van der Waals surface area contributed by atoms with Crippen LogP contribution in [0, 0.1) is 5.92 Å². The lowest BCUT2D eigenvalue weighted by atomic mass is 9.90. The van der Waals surface area contributed by atoms with Crippen LogP contribution in [0.4, 0.5) is 0 Å². The zero-order valence-electron chi connectivity index (χ0n) is 19.3. The number of ether oxygens (including phenoxy) is 2. The third kappa shape index (κ3) is 6.10. The molecule has 0 bridgehead atoms. The van der Waals surface area contributed by atoms with Crippen molar-refractivity contribution in [1.82, 2.24) is 4.90 Å². The maximum absolute atomic E-state index is 12.4. The van der Waals surface area contributed by atoms with Crippen LogP contribution in [0.15, 0.2) is 64.6 Å². The standard InChI is InChI=1S/C26H34N2O4/c1-4-5-15-28(18-20-10-8-11-21(17-20)31-3)16-9-14-27-19(2)24-25(29)22-12-6-7-13-23(22)32-26(24)30/h6-8,10-11,13,17,22,29H,4-5,9,12,14-16,18H2,1-3H3/b27-19+. The van der Waals surface area contributed by atoms with Crippen LogP contribution in [-0.2, 0) is 16.1 Å². The first-order chi connectivity index (χ1) is 15.5. The van der Waals surface area contributed by atoms with Gasteiger partial charge in [-0.2, -0.15) is 0 Å². The molecule has 0 amide bonds. The molecule has 1 N–H and O–H groups in total. The van der Waals surface area contributed by atoms with Crippen LogP contribution in [0.25, 0.3) is 0 Å². The maximum atomic E-state index is 12.4. The third-order valence-electron chi connectivity index (χ3n) is 5.82. The van der Waals surface area contributed by atoms with Crippen LogP contribution in [0.2, 0.25) is 0 Å². The number of aliphatic imine (C=N–C) groups is 1. The Kier molecular flexibility index (Phi) is 8.68. The Bertz CT molecular complexity index is 930. The summed E-state index contributed by atoms with van der Waals surface area (Å²) < 4.78 is 10.8. The van der Waals surface area contributed by atoms with Gasteiger partial charge in [0.25, 0.3) is 0 Å². The highest BCUT2D eigenvalue weighted by Gasteiger charge is 2.35. The summed E-state index contributed by atoms with van der Waals surface area (Å²) >= 11 is 0. The van der Waals surface area contributed by atoms with Crippen molar-refractivity contribution in [3.63, 3.8) is 0 Å². The highest BCUT2D eigenvalue weighted by Crippen LogP contribution is 2.34. The molecule has 1 atom stereocenters. The molecule has 1 aliphatic carbocycles. The summed E-state index contributed by atoms with van der Waals surface area (Å²) in [5, 5.41) is 10.7. The molecule has 3 rings (SSSR count). The van der Waals surface area contributed by atoms with Crippen molar-refractivity contribution in [3.05, 3.63) is 65.1 Å². The van der Waals surface area contributed by atoms with Gasteiger partial charge in [-0.1, -0.05) is 37.6 Å². The van der Waals surface area contributed by atoms with Gasteiger partial charge in [0.15, 0.2) is 0 Å². The van der Waals surface area contributed by atoms with E-state index in [4.69, 9.17) is 9.47 Å². The lowest BCUT2D eigenvalue weighted by Gasteiger charge is -2.27. The summed E-state index contributed by atoms with van der Waals surface area (Å²) in [5.41, 5.74) is 1.97. The molecule has 1 aromatic rings. The minimum atomic E-state index is -0.524. The maximum Gasteiger partial charge on any atom is 0.348 e. The van der Waals surface area contributed by atoms with Crippen LogP contribution >= 0.6 is 0 Å². The van der Waals surface area contributed by atoms with Crippen LogP contribution in [-0.4, -0.2) is 48.4 Å². The summed E-state index contributed by atoms with van der Waals surface area (Å²) in [6.07, 6.45) is 9.32. The number of hydrogen-bond donors (Lipinski definition) is 1. The Morgan fingerprint density at radius 1 is 1.31 bits per heavy atom. The number of nitrogens with zero attached hydrogens (tertiary/aromatic N) is 2. The molecule has 0 spiro atoms. The Morgan fingerprint density at radius 3 is 2.91 bits per heavy atom. The van der Waals surface area contributed by atoms with E-state index in [0.29, 0.717) is 24.4 Å². The van der Waals surface area contributed by atoms with Gasteiger partial charge < -0.3 is 14.6 Å². The average molecular weight is 439 g/mol. The normalized spacial score (nSPS) is 18.5. The second kappa shape index (κ2) is 11.7. The lowest BCUT2D eigenvalue weighted by Crippen LogP contribution is -2.28. The first kappa shape index (κ1) is 23.8. The minimum Gasteiger partial charge on any atom is -0.511 e. The van der Waals surface area contributed by atoms with E-state index >= 15 is 0 Å². The summed E-state index contributed by atoms with van der Waals surface area (Å²) in [7, 11) is 1.69. The summed E-state index contributed by atoms with van der Waals surface area (Å²) in [5.74, 6) is 0.642. The van der Waals surface area contributed by atoms with E-state index < -0.39 is 5.97 Å². The zero-order chi connectivity index (χ0) is 22.9. The summed E-state index contributed by atoms with van der Waals surface area (Å²) in [6.45, 7) is 7.35. The van der Waals surface area contributed by atoms with E-state index in [1.165, 1.54) is 5.56 Å². The number of unbranched alkanes of at least 4 members (excludes halogenated alkanes) is 1. The molecule has 1 aliphatic heterocycles. The van der Waals surface area contributed by atoms with Gasteiger partial charge in [0.2, 0.25) is 0 Å². The molecule has 32 heavy (non-hydrogen) atoms. The molecule has 0 radical (unpaired) electrons. The lowest BCUT2D eigenvalue weighted by molar-refractivity contribution is -0.136. The molecule has 0 aromatic heterocycles. The first-order valence-corrected chi connectivity index (χ1v) is 11.4. The van der Waals surface area contributed by atoms with Gasteiger partial charge in [-0.3, -0.25) is 9.89 Å². The van der Waals surface area contributed by atoms with Crippen molar-refractivity contribution >= 4 is 11.7 Å². The molecule has 172 valence electrons. The predicted octanol–water partition coefficient (Wildman–Crippen LogP) is 4.98. The van der Waals surface area contributed by atoms with Gasteiger partial charge in [0.1, 0.15) is 22.8 Å². The van der Waals surface area contributed by atoms with Gasteiger partial charge in [-0.15, -0.1) is 0 Å².